The lowest BCUT2D eigenvalue weighted by atomic mass is 9.75. The number of hydrogen-bond donors (Lipinski definition) is 1. The lowest BCUT2D eigenvalue weighted by Gasteiger charge is -2.36. The second-order valence-corrected chi connectivity index (χ2v) is 11.2. The van der Waals surface area contributed by atoms with Crippen LogP contribution in [0.3, 0.4) is 0 Å². The Balaban J connectivity index is 2.07. The molecular formula is C26H33Cl2NO7S. The number of ether oxygens (including phenoxy) is 3. The molecule has 0 aliphatic carbocycles. The first-order valence-electron chi connectivity index (χ1n) is 12.3. The van der Waals surface area contributed by atoms with Crippen LogP contribution in [0.15, 0.2) is 30.3 Å². The van der Waals surface area contributed by atoms with E-state index in [-0.39, 0.29) is 30.4 Å². The zero-order chi connectivity index (χ0) is 27.4. The number of benzene rings is 2. The van der Waals surface area contributed by atoms with Gasteiger partial charge in [0.2, 0.25) is 5.75 Å². The largest absolute Gasteiger partial charge is 0.490 e. The van der Waals surface area contributed by atoms with E-state index in [0.29, 0.717) is 59.6 Å². The number of carbonyl (C=O) groups excluding carboxylic acids is 1. The van der Waals surface area contributed by atoms with Gasteiger partial charge in [-0.2, -0.15) is 8.42 Å². The van der Waals surface area contributed by atoms with Gasteiger partial charge in [-0.3, -0.25) is 9.35 Å². The number of likely N-dealkylation sites (tertiary alicyclic amines) is 1. The fourth-order valence-electron chi connectivity index (χ4n) is 5.08. The molecule has 2 aromatic rings. The van der Waals surface area contributed by atoms with Crippen LogP contribution in [0.4, 0.5) is 0 Å². The Hall–Kier alpha value is -2.20. The Bertz CT molecular complexity index is 1210. The maximum atomic E-state index is 13.7. The van der Waals surface area contributed by atoms with Gasteiger partial charge in [-0.1, -0.05) is 36.2 Å². The normalized spacial score (nSPS) is 18.5. The molecule has 1 aliphatic heterocycles. The minimum atomic E-state index is -4.45. The van der Waals surface area contributed by atoms with Gasteiger partial charge in [0.1, 0.15) is 0 Å². The quantitative estimate of drug-likeness (QED) is 0.347. The fourth-order valence-corrected chi connectivity index (χ4v) is 6.70. The van der Waals surface area contributed by atoms with E-state index in [1.807, 2.05) is 20.8 Å². The summed E-state index contributed by atoms with van der Waals surface area (Å²) in [6.45, 7) is 8.64. The molecule has 2 atom stereocenters. The molecule has 1 N–H and O–H groups in total. The van der Waals surface area contributed by atoms with Crippen molar-refractivity contribution in [2.45, 2.75) is 51.2 Å². The molecule has 3 rings (SSSR count). The van der Waals surface area contributed by atoms with Crippen LogP contribution >= 0.6 is 23.2 Å². The number of amides is 1. The Kier molecular flexibility index (Phi) is 9.61. The fraction of sp³-hybridized carbons (Fsp3) is 0.500. The molecule has 2 unspecified atom stereocenters. The maximum absolute atomic E-state index is 13.7. The summed E-state index contributed by atoms with van der Waals surface area (Å²) in [4.78, 5) is 15.3. The van der Waals surface area contributed by atoms with Gasteiger partial charge in [-0.05, 0) is 63.4 Å². The van der Waals surface area contributed by atoms with Crippen molar-refractivity contribution in [2.24, 2.45) is 0 Å². The molecule has 11 heteroatoms. The van der Waals surface area contributed by atoms with Crippen LogP contribution in [0.1, 0.15) is 56.5 Å². The van der Waals surface area contributed by atoms with E-state index in [4.69, 9.17) is 37.4 Å². The van der Waals surface area contributed by atoms with Crippen LogP contribution < -0.4 is 14.2 Å². The minimum absolute atomic E-state index is 0.0588. The van der Waals surface area contributed by atoms with Gasteiger partial charge in [-0.25, -0.2) is 0 Å². The lowest BCUT2D eigenvalue weighted by Crippen LogP contribution is -2.47. The van der Waals surface area contributed by atoms with E-state index in [1.165, 1.54) is 0 Å². The number of hydrogen-bond acceptors (Lipinski definition) is 6. The van der Waals surface area contributed by atoms with Crippen LogP contribution in [0.25, 0.3) is 0 Å². The van der Waals surface area contributed by atoms with Gasteiger partial charge in [0.05, 0.1) is 35.1 Å². The second-order valence-electron chi connectivity index (χ2n) is 8.77. The van der Waals surface area contributed by atoms with E-state index in [2.05, 4.69) is 0 Å². The Morgan fingerprint density at radius 3 is 2.08 bits per heavy atom. The highest BCUT2D eigenvalue weighted by atomic mass is 35.5. The van der Waals surface area contributed by atoms with Crippen molar-refractivity contribution >= 4 is 39.2 Å². The monoisotopic (exact) mass is 573 g/mol. The molecule has 1 fully saturated rings. The zero-order valence-electron chi connectivity index (χ0n) is 21.4. The predicted molar refractivity (Wildman–Crippen MR) is 144 cm³/mol. The summed E-state index contributed by atoms with van der Waals surface area (Å²) in [6.07, 6.45) is 0.454. The van der Waals surface area contributed by atoms with Crippen LogP contribution in [-0.4, -0.2) is 61.9 Å². The van der Waals surface area contributed by atoms with Crippen LogP contribution in [0, 0.1) is 0 Å². The molecule has 1 heterocycles. The molecule has 0 spiro atoms. The first-order chi connectivity index (χ1) is 17.5. The van der Waals surface area contributed by atoms with Crippen molar-refractivity contribution in [3.05, 3.63) is 51.5 Å². The van der Waals surface area contributed by atoms with Gasteiger partial charge in [0.15, 0.2) is 11.5 Å². The topological polar surface area (TPSA) is 102 Å². The van der Waals surface area contributed by atoms with Gasteiger partial charge in [0, 0.05) is 24.1 Å². The SMILES string of the molecule is CCOc1cc(C(=O)N2CCC(c3ccc(Cl)c(Cl)c3)(C(CC)S(=O)(=O)O)C2)cc(OCC)c1OCC. The molecule has 0 bridgehead atoms. The number of halogens is 2. The van der Waals surface area contributed by atoms with Crippen molar-refractivity contribution < 1.29 is 32.0 Å². The second kappa shape index (κ2) is 12.1. The third kappa shape index (κ3) is 6.11. The zero-order valence-corrected chi connectivity index (χ0v) is 23.8. The molecule has 1 amide bonds. The van der Waals surface area contributed by atoms with E-state index in [0.717, 1.165) is 0 Å². The highest BCUT2D eigenvalue weighted by molar-refractivity contribution is 7.86. The maximum Gasteiger partial charge on any atom is 0.268 e. The summed E-state index contributed by atoms with van der Waals surface area (Å²) in [5.74, 6) is 0.875. The Morgan fingerprint density at radius 1 is 1.00 bits per heavy atom. The number of carbonyl (C=O) groups is 1. The van der Waals surface area contributed by atoms with Crippen molar-refractivity contribution in [2.75, 3.05) is 32.9 Å². The van der Waals surface area contributed by atoms with Gasteiger partial charge in [0.25, 0.3) is 16.0 Å². The number of rotatable bonds is 11. The van der Waals surface area contributed by atoms with Crippen LogP contribution in [0.5, 0.6) is 17.2 Å². The third-order valence-electron chi connectivity index (χ3n) is 6.59. The first-order valence-corrected chi connectivity index (χ1v) is 14.6. The highest BCUT2D eigenvalue weighted by Crippen LogP contribution is 2.45. The molecule has 8 nitrogen and oxygen atoms in total. The van der Waals surface area contributed by atoms with E-state index >= 15 is 0 Å². The molecule has 0 aromatic heterocycles. The molecular weight excluding hydrogens is 541 g/mol. The summed E-state index contributed by atoms with van der Waals surface area (Å²) >= 11 is 12.4. The van der Waals surface area contributed by atoms with Crippen molar-refractivity contribution in [1.82, 2.24) is 4.90 Å². The standard InChI is InChI=1S/C26H33Cl2NO7S/c1-5-23(37(31,32)33)26(18-9-10-19(27)20(28)15-18)11-12-29(16-26)25(30)17-13-21(34-6-2)24(36-8-4)22(14-17)35-7-3/h9-10,13-15,23H,5-8,11-12,16H2,1-4H3,(H,31,32,33). The molecule has 0 saturated carbocycles. The molecule has 204 valence electrons. The molecule has 37 heavy (non-hydrogen) atoms. The summed E-state index contributed by atoms with van der Waals surface area (Å²) < 4.78 is 52.4. The van der Waals surface area contributed by atoms with E-state index in [1.54, 1.807) is 42.2 Å². The molecule has 1 saturated heterocycles. The van der Waals surface area contributed by atoms with Crippen LogP contribution in [-0.2, 0) is 15.5 Å². The van der Waals surface area contributed by atoms with E-state index in [9.17, 15) is 17.8 Å². The third-order valence-corrected chi connectivity index (χ3v) is 8.83. The molecule has 1 aliphatic rings. The van der Waals surface area contributed by atoms with Crippen molar-refractivity contribution in [3.63, 3.8) is 0 Å². The summed E-state index contributed by atoms with van der Waals surface area (Å²) in [7, 11) is -4.45. The summed E-state index contributed by atoms with van der Waals surface area (Å²) in [6, 6.07) is 8.13. The summed E-state index contributed by atoms with van der Waals surface area (Å²) in [5, 5.41) is -0.552. The van der Waals surface area contributed by atoms with E-state index < -0.39 is 20.8 Å². The average molecular weight is 575 g/mol. The minimum Gasteiger partial charge on any atom is -0.490 e. The molecule has 2 aromatic carbocycles. The number of nitrogens with zero attached hydrogens (tertiary/aromatic N) is 1. The van der Waals surface area contributed by atoms with Gasteiger partial charge in [-0.15, -0.1) is 0 Å². The van der Waals surface area contributed by atoms with Crippen molar-refractivity contribution in [1.29, 1.82) is 0 Å². The molecule has 0 radical (unpaired) electrons. The lowest BCUT2D eigenvalue weighted by molar-refractivity contribution is 0.0781. The average Bonchev–Trinajstić information content (AvgIpc) is 3.28. The van der Waals surface area contributed by atoms with Crippen LogP contribution in [0.2, 0.25) is 10.0 Å². The van der Waals surface area contributed by atoms with Gasteiger partial charge >= 0.3 is 0 Å². The smallest absolute Gasteiger partial charge is 0.268 e. The predicted octanol–water partition coefficient (Wildman–Crippen LogP) is 5.64. The highest BCUT2D eigenvalue weighted by Gasteiger charge is 2.51. The summed E-state index contributed by atoms with van der Waals surface area (Å²) in [5.41, 5.74) is -0.165. The van der Waals surface area contributed by atoms with Crippen molar-refractivity contribution in [3.8, 4) is 17.2 Å². The first kappa shape index (κ1) is 29.4. The Labute approximate surface area is 228 Å². The Morgan fingerprint density at radius 2 is 1.59 bits per heavy atom. The van der Waals surface area contributed by atoms with Gasteiger partial charge < -0.3 is 19.1 Å².